The van der Waals surface area contributed by atoms with E-state index in [9.17, 15) is 13.6 Å². The number of ketones is 1. The summed E-state index contributed by atoms with van der Waals surface area (Å²) in [5.41, 5.74) is -0.454. The van der Waals surface area contributed by atoms with Gasteiger partial charge in [-0.15, -0.1) is 0 Å². The minimum absolute atomic E-state index is 0.454. The standard InChI is InChI=1S/C10H4F2N2O/c11-7-1-2-8(9(12)3-7)10(15)6(4-13)5-14/h1-3,6H. The number of hydrogen-bond acceptors (Lipinski definition) is 3. The molecule has 1 rings (SSSR count). The van der Waals surface area contributed by atoms with Crippen LogP contribution < -0.4 is 0 Å². The summed E-state index contributed by atoms with van der Waals surface area (Å²) in [6.45, 7) is 0. The van der Waals surface area contributed by atoms with Gasteiger partial charge in [-0.3, -0.25) is 4.79 Å². The maximum absolute atomic E-state index is 13.1. The lowest BCUT2D eigenvalue weighted by molar-refractivity contribution is 0.0967. The number of nitrogens with zero attached hydrogens (tertiary/aromatic N) is 2. The number of halogens is 2. The van der Waals surface area contributed by atoms with E-state index in [0.29, 0.717) is 6.07 Å². The van der Waals surface area contributed by atoms with Crippen LogP contribution in [0.2, 0.25) is 0 Å². The van der Waals surface area contributed by atoms with Crippen LogP contribution in [0.3, 0.4) is 0 Å². The highest BCUT2D eigenvalue weighted by Gasteiger charge is 2.22. The predicted octanol–water partition coefficient (Wildman–Crippen LogP) is 1.81. The highest BCUT2D eigenvalue weighted by Crippen LogP contribution is 2.14. The molecule has 0 N–H and O–H groups in total. The molecule has 0 heterocycles. The van der Waals surface area contributed by atoms with Gasteiger partial charge in [0, 0.05) is 6.07 Å². The van der Waals surface area contributed by atoms with Crippen molar-refractivity contribution in [1.29, 1.82) is 10.5 Å². The van der Waals surface area contributed by atoms with Crippen molar-refractivity contribution in [3.8, 4) is 12.1 Å². The molecule has 0 fully saturated rings. The molecular formula is C10H4F2N2O. The second-order valence-corrected chi connectivity index (χ2v) is 2.68. The van der Waals surface area contributed by atoms with Crippen LogP contribution in [0.5, 0.6) is 0 Å². The highest BCUT2D eigenvalue weighted by molar-refractivity contribution is 6.01. The van der Waals surface area contributed by atoms with E-state index in [1.165, 1.54) is 12.1 Å². The molecule has 3 nitrogen and oxygen atoms in total. The minimum Gasteiger partial charge on any atom is -0.291 e. The van der Waals surface area contributed by atoms with Crippen LogP contribution in [0.4, 0.5) is 8.78 Å². The van der Waals surface area contributed by atoms with Gasteiger partial charge in [0.2, 0.25) is 0 Å². The molecule has 0 aromatic heterocycles. The first-order chi connectivity index (χ1) is 7.10. The molecule has 0 spiro atoms. The van der Waals surface area contributed by atoms with E-state index in [1.807, 2.05) is 0 Å². The molecule has 0 aliphatic heterocycles. The first-order valence-corrected chi connectivity index (χ1v) is 3.88. The zero-order chi connectivity index (χ0) is 11.4. The van der Waals surface area contributed by atoms with Gasteiger partial charge in [-0.2, -0.15) is 10.5 Å². The second kappa shape index (κ2) is 4.30. The molecule has 74 valence electrons. The van der Waals surface area contributed by atoms with Crippen LogP contribution in [0.15, 0.2) is 18.2 Å². The van der Waals surface area contributed by atoms with Crippen molar-refractivity contribution in [2.75, 3.05) is 0 Å². The highest BCUT2D eigenvalue weighted by atomic mass is 19.1. The Balaban J connectivity index is 3.14. The van der Waals surface area contributed by atoms with Crippen molar-refractivity contribution in [2.24, 2.45) is 5.92 Å². The van der Waals surface area contributed by atoms with E-state index in [0.717, 1.165) is 12.1 Å². The molecule has 0 aliphatic carbocycles. The summed E-state index contributed by atoms with van der Waals surface area (Å²) in [4.78, 5) is 11.3. The smallest absolute Gasteiger partial charge is 0.197 e. The molecule has 1 aromatic rings. The third-order valence-corrected chi connectivity index (χ3v) is 1.72. The Morgan fingerprint density at radius 1 is 1.27 bits per heavy atom. The van der Waals surface area contributed by atoms with E-state index in [2.05, 4.69) is 0 Å². The van der Waals surface area contributed by atoms with E-state index in [4.69, 9.17) is 10.5 Å². The first-order valence-electron chi connectivity index (χ1n) is 3.88. The van der Waals surface area contributed by atoms with E-state index >= 15 is 0 Å². The predicted molar refractivity (Wildman–Crippen MR) is 45.4 cm³/mol. The van der Waals surface area contributed by atoms with Gasteiger partial charge in [-0.1, -0.05) is 0 Å². The van der Waals surface area contributed by atoms with Crippen molar-refractivity contribution >= 4 is 5.78 Å². The molecule has 0 atom stereocenters. The quantitative estimate of drug-likeness (QED) is 0.693. The van der Waals surface area contributed by atoms with Gasteiger partial charge in [-0.05, 0) is 12.1 Å². The normalized spacial score (nSPS) is 9.40. The van der Waals surface area contributed by atoms with Gasteiger partial charge in [0.05, 0.1) is 17.7 Å². The average Bonchev–Trinajstić information content (AvgIpc) is 2.19. The van der Waals surface area contributed by atoms with Crippen LogP contribution >= 0.6 is 0 Å². The molecule has 0 saturated heterocycles. The fraction of sp³-hybridized carbons (Fsp3) is 0.100. The van der Waals surface area contributed by atoms with Crippen molar-refractivity contribution in [3.63, 3.8) is 0 Å². The third-order valence-electron chi connectivity index (χ3n) is 1.72. The summed E-state index contributed by atoms with van der Waals surface area (Å²) >= 11 is 0. The maximum atomic E-state index is 13.1. The number of carbonyl (C=O) groups excluding carboxylic acids is 1. The maximum Gasteiger partial charge on any atom is 0.197 e. The SMILES string of the molecule is N#CC(C#N)C(=O)c1ccc(F)cc1F. The molecule has 0 radical (unpaired) electrons. The van der Waals surface area contributed by atoms with Crippen LogP contribution in [-0.2, 0) is 0 Å². The Labute approximate surface area is 84.2 Å². The molecule has 0 bridgehead atoms. The van der Waals surface area contributed by atoms with Crippen molar-refractivity contribution in [1.82, 2.24) is 0 Å². The summed E-state index contributed by atoms with van der Waals surface area (Å²) in [6.07, 6.45) is 0. The summed E-state index contributed by atoms with van der Waals surface area (Å²) in [5, 5.41) is 16.8. The van der Waals surface area contributed by atoms with Crippen molar-refractivity contribution < 1.29 is 13.6 Å². The van der Waals surface area contributed by atoms with Gasteiger partial charge < -0.3 is 0 Å². The van der Waals surface area contributed by atoms with Crippen molar-refractivity contribution in [3.05, 3.63) is 35.4 Å². The molecule has 1 aromatic carbocycles. The van der Waals surface area contributed by atoms with Crippen LogP contribution in [-0.4, -0.2) is 5.78 Å². The Morgan fingerprint density at radius 3 is 2.33 bits per heavy atom. The second-order valence-electron chi connectivity index (χ2n) is 2.68. The van der Waals surface area contributed by atoms with Crippen LogP contribution in [0, 0.1) is 40.2 Å². The molecule has 5 heteroatoms. The zero-order valence-electron chi connectivity index (χ0n) is 7.37. The minimum atomic E-state index is -1.56. The summed E-state index contributed by atoms with van der Waals surface area (Å²) in [6, 6.07) is 5.17. The van der Waals surface area contributed by atoms with Crippen molar-refractivity contribution in [2.45, 2.75) is 0 Å². The monoisotopic (exact) mass is 206 g/mol. The lowest BCUT2D eigenvalue weighted by atomic mass is 10.00. The molecule has 15 heavy (non-hydrogen) atoms. The number of benzene rings is 1. The van der Waals surface area contributed by atoms with Gasteiger partial charge in [-0.25, -0.2) is 8.78 Å². The molecular weight excluding hydrogens is 202 g/mol. The molecule has 0 amide bonds. The summed E-state index contributed by atoms with van der Waals surface area (Å²) in [5.74, 6) is -4.42. The fourth-order valence-electron chi connectivity index (χ4n) is 0.991. The largest absolute Gasteiger partial charge is 0.291 e. The van der Waals surface area contributed by atoms with Gasteiger partial charge in [0.15, 0.2) is 11.7 Å². The topological polar surface area (TPSA) is 64.7 Å². The van der Waals surface area contributed by atoms with Crippen LogP contribution in [0.25, 0.3) is 0 Å². The molecule has 0 aliphatic rings. The number of nitriles is 2. The lowest BCUT2D eigenvalue weighted by Gasteiger charge is -2.01. The molecule has 0 unspecified atom stereocenters. The number of hydrogen-bond donors (Lipinski definition) is 0. The zero-order valence-corrected chi connectivity index (χ0v) is 7.37. The Kier molecular flexibility index (Phi) is 3.10. The summed E-state index contributed by atoms with van der Waals surface area (Å²) < 4.78 is 25.5. The Bertz CT molecular complexity index is 471. The van der Waals surface area contributed by atoms with Crippen LogP contribution in [0.1, 0.15) is 10.4 Å². The first kappa shape index (κ1) is 10.8. The number of rotatable bonds is 2. The summed E-state index contributed by atoms with van der Waals surface area (Å²) in [7, 11) is 0. The lowest BCUT2D eigenvalue weighted by Crippen LogP contribution is -2.12. The van der Waals surface area contributed by atoms with E-state index in [1.54, 1.807) is 0 Å². The van der Waals surface area contributed by atoms with Gasteiger partial charge in [0.1, 0.15) is 11.6 Å². The fourth-order valence-corrected chi connectivity index (χ4v) is 0.991. The Morgan fingerprint density at radius 2 is 1.87 bits per heavy atom. The van der Waals surface area contributed by atoms with E-state index < -0.39 is 28.9 Å². The number of Topliss-reactive ketones (excluding diaryl/α,β-unsaturated/α-hetero) is 1. The number of carbonyl (C=O) groups is 1. The van der Waals surface area contributed by atoms with Gasteiger partial charge >= 0.3 is 0 Å². The average molecular weight is 206 g/mol. The van der Waals surface area contributed by atoms with Gasteiger partial charge in [0.25, 0.3) is 0 Å². The third kappa shape index (κ3) is 2.15. The Hall–Kier alpha value is -2.27. The van der Waals surface area contributed by atoms with E-state index in [-0.39, 0.29) is 0 Å². The molecule has 0 saturated carbocycles.